The molecule has 1 N–H and O–H groups in total. The van der Waals surface area contributed by atoms with Crippen molar-refractivity contribution in [2.75, 3.05) is 11.6 Å². The standard InChI is InChI=1S/C13H15N3OS/c1-10(16-9-3-8-14-16)13(17)15-11-4-6-12(18-2)7-5-11/h3-10H,1-2H3,(H,15,17). The number of thioether (sulfide) groups is 1. The molecule has 0 aliphatic carbocycles. The Hall–Kier alpha value is -1.75. The zero-order chi connectivity index (χ0) is 13.0. The van der Waals surface area contributed by atoms with Gasteiger partial charge in [-0.2, -0.15) is 5.10 Å². The number of hydrogen-bond acceptors (Lipinski definition) is 3. The minimum atomic E-state index is -0.319. The quantitative estimate of drug-likeness (QED) is 0.861. The maximum atomic E-state index is 12.0. The molecule has 0 radical (unpaired) electrons. The van der Waals surface area contributed by atoms with Crippen molar-refractivity contribution in [3.05, 3.63) is 42.7 Å². The summed E-state index contributed by atoms with van der Waals surface area (Å²) in [5, 5.41) is 6.93. The number of amides is 1. The van der Waals surface area contributed by atoms with Crippen LogP contribution in [0.3, 0.4) is 0 Å². The molecule has 1 amide bonds. The van der Waals surface area contributed by atoms with E-state index in [1.165, 1.54) is 4.90 Å². The van der Waals surface area contributed by atoms with Gasteiger partial charge in [0.05, 0.1) is 0 Å². The predicted molar refractivity (Wildman–Crippen MR) is 73.8 cm³/mol. The first-order valence-electron chi connectivity index (χ1n) is 5.65. The van der Waals surface area contributed by atoms with Crippen molar-refractivity contribution in [1.29, 1.82) is 0 Å². The predicted octanol–water partition coefficient (Wildman–Crippen LogP) is 2.80. The number of anilines is 1. The highest BCUT2D eigenvalue weighted by atomic mass is 32.2. The Morgan fingerprint density at radius 1 is 1.39 bits per heavy atom. The van der Waals surface area contributed by atoms with Gasteiger partial charge in [-0.25, -0.2) is 0 Å². The van der Waals surface area contributed by atoms with Gasteiger partial charge in [0.25, 0.3) is 0 Å². The molecule has 0 aliphatic rings. The number of nitrogens with one attached hydrogen (secondary N) is 1. The minimum Gasteiger partial charge on any atom is -0.324 e. The van der Waals surface area contributed by atoms with Gasteiger partial charge in [-0.15, -0.1) is 11.8 Å². The van der Waals surface area contributed by atoms with Crippen LogP contribution in [0.25, 0.3) is 0 Å². The summed E-state index contributed by atoms with van der Waals surface area (Å²) in [7, 11) is 0. The second-order valence-corrected chi connectivity index (χ2v) is 4.76. The third-order valence-corrected chi connectivity index (χ3v) is 3.40. The van der Waals surface area contributed by atoms with Crippen LogP contribution < -0.4 is 5.32 Å². The molecule has 18 heavy (non-hydrogen) atoms. The number of aromatic nitrogens is 2. The van der Waals surface area contributed by atoms with Crippen molar-refractivity contribution >= 4 is 23.4 Å². The molecule has 0 spiro atoms. The molecule has 1 atom stereocenters. The first-order valence-corrected chi connectivity index (χ1v) is 6.87. The molecule has 0 fully saturated rings. The Balaban J connectivity index is 2.02. The van der Waals surface area contributed by atoms with E-state index in [1.54, 1.807) is 34.9 Å². The van der Waals surface area contributed by atoms with E-state index in [1.807, 2.05) is 37.4 Å². The highest BCUT2D eigenvalue weighted by Crippen LogP contribution is 2.18. The van der Waals surface area contributed by atoms with E-state index in [0.717, 1.165) is 5.69 Å². The van der Waals surface area contributed by atoms with Crippen LogP contribution in [0, 0.1) is 0 Å². The Bertz CT molecular complexity index is 508. The van der Waals surface area contributed by atoms with E-state index >= 15 is 0 Å². The van der Waals surface area contributed by atoms with E-state index in [-0.39, 0.29) is 11.9 Å². The van der Waals surface area contributed by atoms with Crippen LogP contribution in [0.15, 0.2) is 47.6 Å². The Morgan fingerprint density at radius 2 is 2.11 bits per heavy atom. The lowest BCUT2D eigenvalue weighted by atomic mass is 10.2. The summed E-state index contributed by atoms with van der Waals surface area (Å²) >= 11 is 1.67. The molecule has 1 heterocycles. The van der Waals surface area contributed by atoms with Gasteiger partial charge < -0.3 is 5.32 Å². The number of nitrogens with zero attached hydrogens (tertiary/aromatic N) is 2. The molecule has 1 aromatic heterocycles. The van der Waals surface area contributed by atoms with Crippen LogP contribution in [0.4, 0.5) is 5.69 Å². The van der Waals surface area contributed by atoms with Crippen LogP contribution >= 0.6 is 11.8 Å². The molecule has 5 heteroatoms. The number of hydrogen-bond donors (Lipinski definition) is 1. The van der Waals surface area contributed by atoms with Crippen molar-refractivity contribution in [3.8, 4) is 0 Å². The van der Waals surface area contributed by atoms with Crippen molar-refractivity contribution in [1.82, 2.24) is 9.78 Å². The Kier molecular flexibility index (Phi) is 4.04. The number of rotatable bonds is 4. The normalized spacial score (nSPS) is 12.1. The molecule has 1 aromatic carbocycles. The van der Waals surface area contributed by atoms with Gasteiger partial charge in [-0.3, -0.25) is 9.48 Å². The fourth-order valence-electron chi connectivity index (χ4n) is 1.55. The molecule has 0 bridgehead atoms. The van der Waals surface area contributed by atoms with Crippen LogP contribution in [-0.4, -0.2) is 21.9 Å². The van der Waals surface area contributed by atoms with E-state index in [2.05, 4.69) is 10.4 Å². The van der Waals surface area contributed by atoms with Gasteiger partial charge in [-0.1, -0.05) is 0 Å². The van der Waals surface area contributed by atoms with Crippen LogP contribution in [0.2, 0.25) is 0 Å². The van der Waals surface area contributed by atoms with Crippen molar-refractivity contribution < 1.29 is 4.79 Å². The second kappa shape index (κ2) is 5.73. The van der Waals surface area contributed by atoms with Crippen LogP contribution in [0.1, 0.15) is 13.0 Å². The van der Waals surface area contributed by atoms with Crippen LogP contribution in [0.5, 0.6) is 0 Å². The summed E-state index contributed by atoms with van der Waals surface area (Å²) in [6, 6.07) is 9.26. The molecule has 2 aromatic rings. The molecule has 1 unspecified atom stereocenters. The maximum absolute atomic E-state index is 12.0. The topological polar surface area (TPSA) is 46.9 Å². The third-order valence-electron chi connectivity index (χ3n) is 2.66. The van der Waals surface area contributed by atoms with Gasteiger partial charge in [0.1, 0.15) is 6.04 Å². The first kappa shape index (κ1) is 12.7. The molecular weight excluding hydrogens is 246 g/mol. The molecule has 0 aliphatic heterocycles. The summed E-state index contributed by atoms with van der Waals surface area (Å²) in [4.78, 5) is 13.2. The molecule has 94 valence electrons. The number of carbonyl (C=O) groups is 1. The lowest BCUT2D eigenvalue weighted by molar-refractivity contribution is -0.119. The molecular formula is C13H15N3OS. The minimum absolute atomic E-state index is 0.0735. The van der Waals surface area contributed by atoms with Crippen molar-refractivity contribution in [2.24, 2.45) is 0 Å². The first-order chi connectivity index (χ1) is 8.70. The summed E-state index contributed by atoms with van der Waals surface area (Å²) < 4.78 is 1.63. The number of benzene rings is 1. The largest absolute Gasteiger partial charge is 0.324 e. The fraction of sp³-hybridized carbons (Fsp3) is 0.231. The number of carbonyl (C=O) groups excluding carboxylic acids is 1. The SMILES string of the molecule is CSc1ccc(NC(=O)C(C)n2cccn2)cc1. The fourth-order valence-corrected chi connectivity index (χ4v) is 1.96. The summed E-state index contributed by atoms with van der Waals surface area (Å²) in [6.45, 7) is 1.82. The van der Waals surface area contributed by atoms with Gasteiger partial charge in [0, 0.05) is 23.0 Å². The maximum Gasteiger partial charge on any atom is 0.248 e. The second-order valence-electron chi connectivity index (χ2n) is 3.88. The summed E-state index contributed by atoms with van der Waals surface area (Å²) in [5.41, 5.74) is 0.803. The smallest absolute Gasteiger partial charge is 0.248 e. The molecule has 2 rings (SSSR count). The zero-order valence-corrected chi connectivity index (χ0v) is 11.1. The zero-order valence-electron chi connectivity index (χ0n) is 10.3. The van der Waals surface area contributed by atoms with Gasteiger partial charge in [-0.05, 0) is 43.5 Å². The average Bonchev–Trinajstić information content (AvgIpc) is 2.92. The van der Waals surface area contributed by atoms with Crippen molar-refractivity contribution in [3.63, 3.8) is 0 Å². The molecule has 0 saturated carbocycles. The Labute approximate surface area is 110 Å². The Morgan fingerprint density at radius 3 is 2.67 bits per heavy atom. The van der Waals surface area contributed by atoms with E-state index in [9.17, 15) is 4.79 Å². The van der Waals surface area contributed by atoms with Gasteiger partial charge in [0.2, 0.25) is 5.91 Å². The van der Waals surface area contributed by atoms with Crippen molar-refractivity contribution in [2.45, 2.75) is 17.9 Å². The van der Waals surface area contributed by atoms with E-state index in [0.29, 0.717) is 0 Å². The van der Waals surface area contributed by atoms with Crippen LogP contribution in [-0.2, 0) is 4.79 Å². The third kappa shape index (κ3) is 2.92. The highest BCUT2D eigenvalue weighted by Gasteiger charge is 2.14. The molecule has 4 nitrogen and oxygen atoms in total. The van der Waals surface area contributed by atoms with E-state index < -0.39 is 0 Å². The average molecular weight is 261 g/mol. The lowest BCUT2D eigenvalue weighted by Crippen LogP contribution is -2.23. The lowest BCUT2D eigenvalue weighted by Gasteiger charge is -2.12. The highest BCUT2D eigenvalue weighted by molar-refractivity contribution is 7.98. The van der Waals surface area contributed by atoms with E-state index in [4.69, 9.17) is 0 Å². The monoisotopic (exact) mass is 261 g/mol. The van der Waals surface area contributed by atoms with Gasteiger partial charge in [0.15, 0.2) is 0 Å². The van der Waals surface area contributed by atoms with Gasteiger partial charge >= 0.3 is 0 Å². The molecule has 0 saturated heterocycles. The summed E-state index contributed by atoms with van der Waals surface area (Å²) in [5.74, 6) is -0.0735. The summed E-state index contributed by atoms with van der Waals surface area (Å²) in [6.07, 6.45) is 5.46.